The van der Waals surface area contributed by atoms with Crippen molar-refractivity contribution in [2.75, 3.05) is 12.4 Å². The Morgan fingerprint density at radius 3 is 2.76 bits per heavy atom. The van der Waals surface area contributed by atoms with Crippen LogP contribution in [0.2, 0.25) is 0 Å². The molecule has 1 fully saturated rings. The number of nitrogens with one attached hydrogen (secondary N) is 1. The standard InChI is InChI=1S/C15H16N4O2/c1-17-12-8-13(19-15(18-12)9-6-7-9)21-11-5-3-2-4-10(11)14(16)20/h2-5,8-9H,6-7H2,1H3,(H2,16,20)(H,17,18,19). The number of benzene rings is 1. The van der Waals surface area contributed by atoms with E-state index in [0.29, 0.717) is 28.9 Å². The third-order valence-corrected chi connectivity index (χ3v) is 3.29. The van der Waals surface area contributed by atoms with Crippen LogP contribution < -0.4 is 15.8 Å². The predicted molar refractivity (Wildman–Crippen MR) is 78.6 cm³/mol. The lowest BCUT2D eigenvalue weighted by Crippen LogP contribution is -2.12. The number of primary amides is 1. The number of anilines is 1. The zero-order chi connectivity index (χ0) is 14.8. The molecule has 1 aromatic carbocycles. The molecule has 1 aliphatic carbocycles. The average Bonchev–Trinajstić information content (AvgIpc) is 3.32. The summed E-state index contributed by atoms with van der Waals surface area (Å²) in [6.07, 6.45) is 2.20. The fourth-order valence-corrected chi connectivity index (χ4v) is 2.02. The van der Waals surface area contributed by atoms with Crippen molar-refractivity contribution in [2.45, 2.75) is 18.8 Å². The van der Waals surface area contributed by atoms with Crippen LogP contribution in [0.1, 0.15) is 34.9 Å². The number of carbonyl (C=O) groups excluding carboxylic acids is 1. The van der Waals surface area contributed by atoms with Crippen LogP contribution >= 0.6 is 0 Å². The molecule has 0 radical (unpaired) electrons. The number of hydrogen-bond acceptors (Lipinski definition) is 5. The summed E-state index contributed by atoms with van der Waals surface area (Å²) in [6.45, 7) is 0. The molecule has 0 aliphatic heterocycles. The summed E-state index contributed by atoms with van der Waals surface area (Å²) in [4.78, 5) is 20.3. The third kappa shape index (κ3) is 2.94. The molecule has 3 N–H and O–H groups in total. The minimum absolute atomic E-state index is 0.329. The van der Waals surface area contributed by atoms with Gasteiger partial charge in [0, 0.05) is 19.0 Å². The minimum Gasteiger partial charge on any atom is -0.438 e. The van der Waals surface area contributed by atoms with Crippen molar-refractivity contribution in [3.05, 3.63) is 41.7 Å². The molecule has 0 saturated heterocycles. The van der Waals surface area contributed by atoms with E-state index in [-0.39, 0.29) is 0 Å². The van der Waals surface area contributed by atoms with Crippen molar-refractivity contribution >= 4 is 11.7 Å². The van der Waals surface area contributed by atoms with Gasteiger partial charge >= 0.3 is 0 Å². The maximum atomic E-state index is 11.4. The average molecular weight is 284 g/mol. The molecule has 0 atom stereocenters. The van der Waals surface area contributed by atoms with E-state index < -0.39 is 5.91 Å². The van der Waals surface area contributed by atoms with E-state index in [2.05, 4.69) is 15.3 Å². The van der Waals surface area contributed by atoms with Crippen molar-refractivity contribution in [2.24, 2.45) is 5.73 Å². The highest BCUT2D eigenvalue weighted by molar-refractivity contribution is 5.95. The third-order valence-electron chi connectivity index (χ3n) is 3.29. The van der Waals surface area contributed by atoms with Crippen LogP contribution in [0, 0.1) is 0 Å². The van der Waals surface area contributed by atoms with Gasteiger partial charge in [0.15, 0.2) is 0 Å². The van der Waals surface area contributed by atoms with Crippen molar-refractivity contribution in [3.63, 3.8) is 0 Å². The molecule has 6 nitrogen and oxygen atoms in total. The maximum absolute atomic E-state index is 11.4. The summed E-state index contributed by atoms with van der Waals surface area (Å²) in [7, 11) is 1.79. The summed E-state index contributed by atoms with van der Waals surface area (Å²) in [5.41, 5.74) is 5.68. The van der Waals surface area contributed by atoms with E-state index in [0.717, 1.165) is 18.7 Å². The lowest BCUT2D eigenvalue weighted by Gasteiger charge is -2.10. The predicted octanol–water partition coefficient (Wildman–Crippen LogP) is 2.29. The zero-order valence-electron chi connectivity index (χ0n) is 11.7. The van der Waals surface area contributed by atoms with Gasteiger partial charge in [-0.15, -0.1) is 0 Å². The van der Waals surface area contributed by atoms with Crippen LogP contribution in [0.25, 0.3) is 0 Å². The van der Waals surface area contributed by atoms with E-state index in [4.69, 9.17) is 10.5 Å². The Kier molecular flexibility index (Phi) is 3.43. The molecule has 0 spiro atoms. The second kappa shape index (κ2) is 5.40. The van der Waals surface area contributed by atoms with Gasteiger partial charge in [-0.1, -0.05) is 12.1 Å². The molecule has 2 aromatic rings. The van der Waals surface area contributed by atoms with Gasteiger partial charge in [-0.2, -0.15) is 4.98 Å². The minimum atomic E-state index is -0.532. The van der Waals surface area contributed by atoms with Crippen LogP contribution in [0.3, 0.4) is 0 Å². The van der Waals surface area contributed by atoms with Gasteiger partial charge in [0.05, 0.1) is 5.56 Å². The lowest BCUT2D eigenvalue weighted by molar-refractivity contribution is 0.0998. The second-order valence-corrected chi connectivity index (χ2v) is 4.94. The number of carbonyl (C=O) groups is 1. The first-order valence-electron chi connectivity index (χ1n) is 6.81. The molecule has 1 amide bonds. The van der Waals surface area contributed by atoms with Crippen LogP contribution in [-0.4, -0.2) is 22.9 Å². The van der Waals surface area contributed by atoms with Gasteiger partial charge in [0.2, 0.25) is 5.88 Å². The molecular formula is C15H16N4O2. The molecular weight excluding hydrogens is 268 g/mol. The number of aromatic nitrogens is 2. The molecule has 1 aliphatic rings. The molecule has 21 heavy (non-hydrogen) atoms. The highest BCUT2D eigenvalue weighted by Crippen LogP contribution is 2.39. The van der Waals surface area contributed by atoms with Crippen LogP contribution in [-0.2, 0) is 0 Å². The van der Waals surface area contributed by atoms with E-state index in [9.17, 15) is 4.79 Å². The van der Waals surface area contributed by atoms with Crippen molar-refractivity contribution < 1.29 is 9.53 Å². The number of nitrogens with two attached hydrogens (primary N) is 1. The first-order chi connectivity index (χ1) is 10.2. The summed E-state index contributed by atoms with van der Waals surface area (Å²) >= 11 is 0. The van der Waals surface area contributed by atoms with Gasteiger partial charge in [0.25, 0.3) is 5.91 Å². The van der Waals surface area contributed by atoms with Crippen LogP contribution in [0.15, 0.2) is 30.3 Å². The lowest BCUT2D eigenvalue weighted by atomic mass is 10.2. The van der Waals surface area contributed by atoms with Gasteiger partial charge in [0.1, 0.15) is 17.4 Å². The first kappa shape index (κ1) is 13.4. The molecule has 108 valence electrons. The molecule has 1 aromatic heterocycles. The second-order valence-electron chi connectivity index (χ2n) is 4.94. The Bertz CT molecular complexity index is 683. The SMILES string of the molecule is CNc1cc(Oc2ccccc2C(N)=O)nc(C2CC2)n1. The number of hydrogen-bond donors (Lipinski definition) is 2. The Morgan fingerprint density at radius 2 is 2.10 bits per heavy atom. The Hall–Kier alpha value is -2.63. The molecule has 3 rings (SSSR count). The van der Waals surface area contributed by atoms with Gasteiger partial charge < -0.3 is 15.8 Å². The molecule has 1 heterocycles. The summed E-state index contributed by atoms with van der Waals surface area (Å²) < 4.78 is 5.74. The Labute approximate surface area is 122 Å². The van der Waals surface area contributed by atoms with Crippen LogP contribution in [0.5, 0.6) is 11.6 Å². The monoisotopic (exact) mass is 284 g/mol. The van der Waals surface area contributed by atoms with Gasteiger partial charge in [-0.25, -0.2) is 4.98 Å². The van der Waals surface area contributed by atoms with Crippen molar-refractivity contribution in [1.82, 2.24) is 9.97 Å². The quantitative estimate of drug-likeness (QED) is 0.879. The fourth-order valence-electron chi connectivity index (χ4n) is 2.02. The van der Waals surface area contributed by atoms with E-state index >= 15 is 0 Å². The van der Waals surface area contributed by atoms with Gasteiger partial charge in [-0.05, 0) is 25.0 Å². The summed E-state index contributed by atoms with van der Waals surface area (Å²) in [5, 5.41) is 2.99. The van der Waals surface area contributed by atoms with E-state index in [1.54, 1.807) is 37.4 Å². The van der Waals surface area contributed by atoms with Crippen molar-refractivity contribution in [3.8, 4) is 11.6 Å². The number of nitrogens with zero attached hydrogens (tertiary/aromatic N) is 2. The summed E-state index contributed by atoms with van der Waals surface area (Å²) in [6, 6.07) is 8.53. The summed E-state index contributed by atoms with van der Waals surface area (Å²) in [5.74, 6) is 2.15. The Morgan fingerprint density at radius 1 is 1.33 bits per heavy atom. The van der Waals surface area contributed by atoms with E-state index in [1.165, 1.54) is 0 Å². The molecule has 0 unspecified atom stereocenters. The zero-order valence-corrected chi connectivity index (χ0v) is 11.7. The molecule has 1 saturated carbocycles. The molecule has 6 heteroatoms. The van der Waals surface area contributed by atoms with E-state index in [1.807, 2.05) is 0 Å². The molecule has 0 bridgehead atoms. The topological polar surface area (TPSA) is 90.1 Å². The fraction of sp³-hybridized carbons (Fsp3) is 0.267. The Balaban J connectivity index is 1.94. The highest BCUT2D eigenvalue weighted by atomic mass is 16.5. The largest absolute Gasteiger partial charge is 0.438 e. The smallest absolute Gasteiger partial charge is 0.252 e. The number of amides is 1. The normalized spacial score (nSPS) is 13.8. The number of rotatable bonds is 5. The van der Waals surface area contributed by atoms with Crippen molar-refractivity contribution in [1.29, 1.82) is 0 Å². The number of para-hydroxylation sites is 1. The highest BCUT2D eigenvalue weighted by Gasteiger charge is 2.27. The first-order valence-corrected chi connectivity index (χ1v) is 6.81. The maximum Gasteiger partial charge on any atom is 0.252 e. The van der Waals surface area contributed by atoms with Crippen LogP contribution in [0.4, 0.5) is 5.82 Å². The van der Waals surface area contributed by atoms with Gasteiger partial charge in [-0.3, -0.25) is 4.79 Å². The number of ether oxygens (including phenoxy) is 1.